The average Bonchev–Trinajstić information content (AvgIpc) is 2.84. The van der Waals surface area contributed by atoms with Crippen LogP contribution in [-0.2, 0) is 0 Å². The number of halogens is 1. The summed E-state index contributed by atoms with van der Waals surface area (Å²) in [6.07, 6.45) is 3.28. The number of hydrogen-bond acceptors (Lipinski definition) is 0. The molecule has 0 atom stereocenters. The highest BCUT2D eigenvalue weighted by Gasteiger charge is 2.10. The van der Waals surface area contributed by atoms with E-state index in [4.69, 9.17) is 11.6 Å². The van der Waals surface area contributed by atoms with Crippen molar-refractivity contribution in [2.45, 2.75) is 0 Å². The van der Waals surface area contributed by atoms with Crippen LogP contribution in [0.5, 0.6) is 0 Å². The third kappa shape index (κ3) is 4.45. The van der Waals surface area contributed by atoms with Gasteiger partial charge >= 0.3 is 0 Å². The van der Waals surface area contributed by atoms with Crippen molar-refractivity contribution in [2.24, 2.45) is 0 Å². The molecule has 0 aromatic heterocycles. The lowest BCUT2D eigenvalue weighted by Crippen LogP contribution is -1.86. The van der Waals surface area contributed by atoms with Gasteiger partial charge < -0.3 is 0 Å². The van der Waals surface area contributed by atoms with Crippen molar-refractivity contribution in [3.8, 4) is 22.3 Å². The highest BCUT2D eigenvalue weighted by molar-refractivity contribution is 6.30. The molecule has 0 N–H and O–H groups in total. The van der Waals surface area contributed by atoms with E-state index in [1.165, 1.54) is 43.8 Å². The van der Waals surface area contributed by atoms with Crippen molar-refractivity contribution in [2.75, 3.05) is 0 Å². The van der Waals surface area contributed by atoms with Crippen molar-refractivity contribution in [3.63, 3.8) is 0 Å². The van der Waals surface area contributed by atoms with Gasteiger partial charge in [0.1, 0.15) is 0 Å². The molecule has 150 valence electrons. The summed E-state index contributed by atoms with van der Waals surface area (Å²) >= 11 is 6.06. The summed E-state index contributed by atoms with van der Waals surface area (Å²) < 4.78 is 0. The summed E-state index contributed by atoms with van der Waals surface area (Å²) in [6.45, 7) is 6.72. The van der Waals surface area contributed by atoms with Crippen molar-refractivity contribution >= 4 is 33.1 Å². The van der Waals surface area contributed by atoms with Gasteiger partial charge in [0.05, 0.1) is 0 Å². The Labute approximate surface area is 188 Å². The van der Waals surface area contributed by atoms with Crippen LogP contribution < -0.4 is 0 Å². The SMILES string of the molecule is C=CC=C.Clc1ccc(-c2ccc3c(c2)c(-c2ccccc2)cc2ccccc23)cc1. The Kier molecular flexibility index (Phi) is 6.31. The molecule has 0 heterocycles. The van der Waals surface area contributed by atoms with Gasteiger partial charge in [-0.25, -0.2) is 0 Å². The Bertz CT molecular complexity index is 1340. The van der Waals surface area contributed by atoms with E-state index in [0.29, 0.717) is 0 Å². The van der Waals surface area contributed by atoms with Crippen molar-refractivity contribution in [1.82, 2.24) is 0 Å². The Morgan fingerprint density at radius 3 is 1.87 bits per heavy atom. The van der Waals surface area contributed by atoms with Crippen LogP contribution in [0.4, 0.5) is 0 Å². The number of fused-ring (bicyclic) bond motifs is 3. The molecule has 0 nitrogen and oxygen atoms in total. The van der Waals surface area contributed by atoms with Crippen LogP contribution in [0.15, 0.2) is 128 Å². The lowest BCUT2D eigenvalue weighted by Gasteiger charge is -2.13. The fraction of sp³-hybridized carbons (Fsp3) is 0. The average molecular weight is 419 g/mol. The maximum Gasteiger partial charge on any atom is 0.0406 e. The third-order valence-corrected chi connectivity index (χ3v) is 5.54. The van der Waals surface area contributed by atoms with Crippen molar-refractivity contribution < 1.29 is 0 Å². The van der Waals surface area contributed by atoms with Gasteiger partial charge in [-0.15, -0.1) is 0 Å². The second-order valence-corrected chi connectivity index (χ2v) is 7.69. The standard InChI is InChI=1S/C26H17Cl.C4H6/c27-22-13-10-18(11-14-22)20-12-15-24-23-9-5-4-8-21(23)17-25(26(24)16-20)19-6-2-1-3-7-19;1-3-4-2/h1-17H;3-4H,1-2H2. The second kappa shape index (κ2) is 9.47. The highest BCUT2D eigenvalue weighted by atomic mass is 35.5. The zero-order valence-corrected chi connectivity index (χ0v) is 18.0. The molecule has 31 heavy (non-hydrogen) atoms. The van der Waals surface area contributed by atoms with E-state index in [-0.39, 0.29) is 0 Å². The van der Waals surface area contributed by atoms with Crippen LogP contribution in [0.3, 0.4) is 0 Å². The zero-order valence-electron chi connectivity index (χ0n) is 17.3. The number of allylic oxidation sites excluding steroid dienone is 2. The third-order valence-electron chi connectivity index (χ3n) is 5.29. The van der Waals surface area contributed by atoms with Gasteiger partial charge in [-0.3, -0.25) is 0 Å². The molecule has 0 radical (unpaired) electrons. The fourth-order valence-electron chi connectivity index (χ4n) is 3.78. The first kappa shape index (κ1) is 20.7. The quantitative estimate of drug-likeness (QED) is 0.202. The minimum absolute atomic E-state index is 0.760. The van der Waals surface area contributed by atoms with Gasteiger partial charge in [-0.05, 0) is 68.1 Å². The Morgan fingerprint density at radius 1 is 0.516 bits per heavy atom. The van der Waals surface area contributed by atoms with Gasteiger partial charge in [-0.1, -0.05) is 116 Å². The molecule has 0 spiro atoms. The largest absolute Gasteiger partial charge is 0.0991 e. The number of rotatable bonds is 3. The van der Waals surface area contributed by atoms with E-state index in [1.54, 1.807) is 12.2 Å². The molecule has 5 rings (SSSR count). The van der Waals surface area contributed by atoms with Crippen LogP contribution >= 0.6 is 11.6 Å². The topological polar surface area (TPSA) is 0 Å². The minimum atomic E-state index is 0.760. The maximum absolute atomic E-state index is 6.06. The molecule has 0 bridgehead atoms. The first-order valence-electron chi connectivity index (χ1n) is 10.2. The maximum atomic E-state index is 6.06. The molecule has 0 saturated carbocycles. The molecular formula is C30H23Cl. The fourth-order valence-corrected chi connectivity index (χ4v) is 3.91. The van der Waals surface area contributed by atoms with E-state index >= 15 is 0 Å². The lowest BCUT2D eigenvalue weighted by atomic mass is 9.91. The molecular weight excluding hydrogens is 396 g/mol. The Hall–Kier alpha value is -3.61. The van der Waals surface area contributed by atoms with Crippen LogP contribution in [0.25, 0.3) is 43.8 Å². The smallest absolute Gasteiger partial charge is 0.0406 e. The number of benzene rings is 5. The van der Waals surface area contributed by atoms with Crippen LogP contribution in [-0.4, -0.2) is 0 Å². The predicted molar refractivity (Wildman–Crippen MR) is 138 cm³/mol. The van der Waals surface area contributed by atoms with E-state index in [0.717, 1.165) is 5.02 Å². The monoisotopic (exact) mass is 418 g/mol. The van der Waals surface area contributed by atoms with Crippen molar-refractivity contribution in [1.29, 1.82) is 0 Å². The van der Waals surface area contributed by atoms with Gasteiger partial charge in [0, 0.05) is 5.02 Å². The number of hydrogen-bond donors (Lipinski definition) is 0. The van der Waals surface area contributed by atoms with E-state index in [1.807, 2.05) is 12.1 Å². The summed E-state index contributed by atoms with van der Waals surface area (Å²) in [5.41, 5.74) is 4.88. The van der Waals surface area contributed by atoms with E-state index < -0.39 is 0 Å². The summed E-state index contributed by atoms with van der Waals surface area (Å²) in [5.74, 6) is 0. The summed E-state index contributed by atoms with van der Waals surface area (Å²) in [5, 5.41) is 5.87. The molecule has 1 heteroatoms. The molecule has 0 saturated heterocycles. The zero-order chi connectivity index (χ0) is 21.6. The summed E-state index contributed by atoms with van der Waals surface area (Å²) in [7, 11) is 0. The normalized spacial score (nSPS) is 10.4. The molecule has 0 aliphatic rings. The molecule has 5 aromatic carbocycles. The molecule has 0 aliphatic carbocycles. The molecule has 0 fully saturated rings. The minimum Gasteiger partial charge on any atom is -0.0991 e. The molecule has 0 unspecified atom stereocenters. The highest BCUT2D eigenvalue weighted by Crippen LogP contribution is 2.37. The van der Waals surface area contributed by atoms with Gasteiger partial charge in [0.25, 0.3) is 0 Å². The predicted octanol–water partition coefficient (Wildman–Crippen LogP) is 9.34. The lowest BCUT2D eigenvalue weighted by molar-refractivity contribution is 1.63. The summed E-state index contributed by atoms with van der Waals surface area (Å²) in [6, 6.07) is 36.3. The Balaban J connectivity index is 0.000000535. The summed E-state index contributed by atoms with van der Waals surface area (Å²) in [4.78, 5) is 0. The van der Waals surface area contributed by atoms with Crippen molar-refractivity contribution in [3.05, 3.63) is 133 Å². The first-order valence-corrected chi connectivity index (χ1v) is 10.6. The van der Waals surface area contributed by atoms with Crippen LogP contribution in [0.1, 0.15) is 0 Å². The van der Waals surface area contributed by atoms with Gasteiger partial charge in [0.2, 0.25) is 0 Å². The second-order valence-electron chi connectivity index (χ2n) is 7.25. The van der Waals surface area contributed by atoms with Gasteiger partial charge in [0.15, 0.2) is 0 Å². The first-order chi connectivity index (χ1) is 15.2. The van der Waals surface area contributed by atoms with Gasteiger partial charge in [-0.2, -0.15) is 0 Å². The van der Waals surface area contributed by atoms with Crippen LogP contribution in [0, 0.1) is 0 Å². The Morgan fingerprint density at radius 2 is 1.16 bits per heavy atom. The van der Waals surface area contributed by atoms with Crippen LogP contribution in [0.2, 0.25) is 5.02 Å². The molecule has 5 aromatic rings. The molecule has 0 aliphatic heterocycles. The van der Waals surface area contributed by atoms with E-state index in [9.17, 15) is 0 Å². The molecule has 0 amide bonds. The van der Waals surface area contributed by atoms with E-state index in [2.05, 4.69) is 104 Å².